The first kappa shape index (κ1) is 15.4. The minimum absolute atomic E-state index is 0.233. The van der Waals surface area contributed by atoms with Crippen LogP contribution in [0.15, 0.2) is 18.2 Å². The number of sulfonamides is 1. The van der Waals surface area contributed by atoms with Crippen LogP contribution in [-0.4, -0.2) is 57.9 Å². The number of nitrogens with zero attached hydrogens (tertiary/aromatic N) is 2. The second-order valence-corrected chi connectivity index (χ2v) is 7.62. The van der Waals surface area contributed by atoms with Gasteiger partial charge < -0.3 is 14.4 Å². The zero-order valence-electron chi connectivity index (χ0n) is 12.8. The van der Waals surface area contributed by atoms with Crippen LogP contribution in [0.4, 0.5) is 5.69 Å². The Balaban J connectivity index is 1.66. The van der Waals surface area contributed by atoms with E-state index in [2.05, 4.69) is 4.90 Å². The maximum atomic E-state index is 12.1. The molecule has 2 heterocycles. The van der Waals surface area contributed by atoms with Crippen LogP contribution in [0.2, 0.25) is 0 Å². The van der Waals surface area contributed by atoms with Gasteiger partial charge in [-0.15, -0.1) is 0 Å². The largest absolute Gasteiger partial charge is 0.486 e. The highest BCUT2D eigenvalue weighted by Crippen LogP contribution is 2.34. The highest BCUT2D eigenvalue weighted by Gasteiger charge is 2.26. The molecule has 122 valence electrons. The van der Waals surface area contributed by atoms with E-state index in [4.69, 9.17) is 9.47 Å². The molecule has 0 bridgehead atoms. The number of fused-ring (bicyclic) bond motifs is 1. The van der Waals surface area contributed by atoms with Gasteiger partial charge in [0.25, 0.3) is 0 Å². The Bertz CT molecular complexity index is 624. The van der Waals surface area contributed by atoms with Crippen LogP contribution in [-0.2, 0) is 10.0 Å². The quantitative estimate of drug-likeness (QED) is 0.835. The van der Waals surface area contributed by atoms with Crippen molar-refractivity contribution in [3.8, 4) is 11.5 Å². The second-order valence-electron chi connectivity index (χ2n) is 5.53. The number of rotatable bonds is 4. The van der Waals surface area contributed by atoms with Crippen molar-refractivity contribution >= 4 is 15.7 Å². The summed E-state index contributed by atoms with van der Waals surface area (Å²) in [5, 5.41) is 0. The zero-order valence-corrected chi connectivity index (χ0v) is 13.6. The lowest BCUT2D eigenvalue weighted by atomic mass is 10.2. The molecule has 2 aliphatic rings. The summed E-state index contributed by atoms with van der Waals surface area (Å²) in [5.41, 5.74) is 1.05. The van der Waals surface area contributed by atoms with Gasteiger partial charge in [-0.25, -0.2) is 8.42 Å². The lowest BCUT2D eigenvalue weighted by Crippen LogP contribution is -2.49. The van der Waals surface area contributed by atoms with Gasteiger partial charge in [0.1, 0.15) is 13.2 Å². The molecule has 1 aromatic carbocycles. The molecular formula is C15H22N2O4S. The molecule has 0 radical (unpaired) electrons. The van der Waals surface area contributed by atoms with Crippen LogP contribution >= 0.6 is 0 Å². The average molecular weight is 326 g/mol. The molecule has 0 N–H and O–H groups in total. The molecule has 3 rings (SSSR count). The summed E-state index contributed by atoms with van der Waals surface area (Å²) in [7, 11) is -3.09. The third-order valence-corrected chi connectivity index (χ3v) is 6.06. The number of hydrogen-bond donors (Lipinski definition) is 0. The van der Waals surface area contributed by atoms with Crippen LogP contribution < -0.4 is 14.4 Å². The topological polar surface area (TPSA) is 59.1 Å². The summed E-state index contributed by atoms with van der Waals surface area (Å²) < 4.78 is 36.9. The standard InChI is InChI=1S/C15H22N2O4S/c1-2-11-22(18,19)17-7-5-16(6-8-17)13-3-4-14-15(12-13)21-10-9-20-14/h3-4,12H,2,5-11H2,1H3. The molecule has 0 saturated carbocycles. The molecule has 7 heteroatoms. The zero-order chi connectivity index (χ0) is 15.6. The Kier molecular flexibility index (Phi) is 4.44. The summed E-state index contributed by atoms with van der Waals surface area (Å²) in [6.45, 7) is 5.52. The maximum Gasteiger partial charge on any atom is 0.214 e. The van der Waals surface area contributed by atoms with Crippen molar-refractivity contribution in [2.45, 2.75) is 13.3 Å². The molecule has 0 unspecified atom stereocenters. The highest BCUT2D eigenvalue weighted by atomic mass is 32.2. The fraction of sp³-hybridized carbons (Fsp3) is 0.600. The summed E-state index contributed by atoms with van der Waals surface area (Å²) in [5.74, 6) is 1.78. The normalized spacial score (nSPS) is 19.2. The van der Waals surface area contributed by atoms with Gasteiger partial charge in [0, 0.05) is 37.9 Å². The molecule has 6 nitrogen and oxygen atoms in total. The van der Waals surface area contributed by atoms with Gasteiger partial charge in [0.15, 0.2) is 11.5 Å². The van der Waals surface area contributed by atoms with E-state index in [0.29, 0.717) is 45.8 Å². The number of benzene rings is 1. The molecule has 1 saturated heterocycles. The SMILES string of the molecule is CCCS(=O)(=O)N1CCN(c2ccc3c(c2)OCCO3)CC1. The first-order valence-electron chi connectivity index (χ1n) is 7.72. The predicted octanol–water partition coefficient (Wildman–Crippen LogP) is 1.32. The van der Waals surface area contributed by atoms with E-state index in [-0.39, 0.29) is 5.75 Å². The summed E-state index contributed by atoms with van der Waals surface area (Å²) in [4.78, 5) is 2.19. The molecule has 0 atom stereocenters. The van der Waals surface area contributed by atoms with E-state index in [1.165, 1.54) is 0 Å². The van der Waals surface area contributed by atoms with Crippen LogP contribution in [0.3, 0.4) is 0 Å². The molecule has 2 aliphatic heterocycles. The van der Waals surface area contributed by atoms with Crippen LogP contribution in [0, 0.1) is 0 Å². The predicted molar refractivity (Wildman–Crippen MR) is 85.3 cm³/mol. The van der Waals surface area contributed by atoms with E-state index in [1.54, 1.807) is 4.31 Å². The molecule has 1 fully saturated rings. The van der Waals surface area contributed by atoms with E-state index in [9.17, 15) is 8.42 Å². The van der Waals surface area contributed by atoms with E-state index in [0.717, 1.165) is 17.2 Å². The van der Waals surface area contributed by atoms with Gasteiger partial charge in [-0.05, 0) is 18.6 Å². The summed E-state index contributed by atoms with van der Waals surface area (Å²) in [6.07, 6.45) is 0.657. The van der Waals surface area contributed by atoms with Crippen LogP contribution in [0.5, 0.6) is 11.5 Å². The van der Waals surface area contributed by atoms with Gasteiger partial charge in [-0.1, -0.05) is 6.92 Å². The smallest absolute Gasteiger partial charge is 0.214 e. The molecule has 0 aromatic heterocycles. The number of anilines is 1. The number of hydrogen-bond acceptors (Lipinski definition) is 5. The van der Waals surface area contributed by atoms with Crippen molar-refractivity contribution in [3.63, 3.8) is 0 Å². The van der Waals surface area contributed by atoms with Gasteiger partial charge in [-0.2, -0.15) is 4.31 Å². The third kappa shape index (κ3) is 3.15. The molecule has 0 spiro atoms. The maximum absolute atomic E-state index is 12.1. The minimum Gasteiger partial charge on any atom is -0.486 e. The van der Waals surface area contributed by atoms with Gasteiger partial charge in [-0.3, -0.25) is 0 Å². The number of ether oxygens (including phenoxy) is 2. The van der Waals surface area contributed by atoms with E-state index >= 15 is 0 Å². The molecule has 0 amide bonds. The van der Waals surface area contributed by atoms with Crippen LogP contribution in [0.25, 0.3) is 0 Å². The summed E-state index contributed by atoms with van der Waals surface area (Å²) >= 11 is 0. The first-order chi connectivity index (χ1) is 10.6. The Morgan fingerprint density at radius 2 is 1.73 bits per heavy atom. The van der Waals surface area contributed by atoms with Gasteiger partial charge in [0.2, 0.25) is 10.0 Å². The van der Waals surface area contributed by atoms with E-state index in [1.807, 2.05) is 25.1 Å². The van der Waals surface area contributed by atoms with Crippen molar-refractivity contribution in [2.75, 3.05) is 50.0 Å². The number of piperazine rings is 1. The van der Waals surface area contributed by atoms with Gasteiger partial charge in [0.05, 0.1) is 5.75 Å². The molecule has 1 aromatic rings. The Morgan fingerprint density at radius 1 is 1.05 bits per heavy atom. The average Bonchev–Trinajstić information content (AvgIpc) is 2.54. The minimum atomic E-state index is -3.09. The van der Waals surface area contributed by atoms with Crippen molar-refractivity contribution in [3.05, 3.63) is 18.2 Å². The molecule has 22 heavy (non-hydrogen) atoms. The Labute approximate surface area is 131 Å². The Morgan fingerprint density at radius 3 is 2.41 bits per heavy atom. The third-order valence-electron chi connectivity index (χ3n) is 3.99. The second kappa shape index (κ2) is 6.34. The summed E-state index contributed by atoms with van der Waals surface area (Å²) in [6, 6.07) is 5.90. The van der Waals surface area contributed by atoms with Gasteiger partial charge >= 0.3 is 0 Å². The van der Waals surface area contributed by atoms with Crippen molar-refractivity contribution in [1.29, 1.82) is 0 Å². The van der Waals surface area contributed by atoms with Crippen molar-refractivity contribution < 1.29 is 17.9 Å². The first-order valence-corrected chi connectivity index (χ1v) is 9.33. The monoisotopic (exact) mass is 326 g/mol. The fourth-order valence-electron chi connectivity index (χ4n) is 2.84. The van der Waals surface area contributed by atoms with E-state index < -0.39 is 10.0 Å². The Hall–Kier alpha value is -1.47. The highest BCUT2D eigenvalue weighted by molar-refractivity contribution is 7.89. The lowest BCUT2D eigenvalue weighted by Gasteiger charge is -2.35. The lowest BCUT2D eigenvalue weighted by molar-refractivity contribution is 0.171. The van der Waals surface area contributed by atoms with Crippen molar-refractivity contribution in [1.82, 2.24) is 4.31 Å². The fourth-order valence-corrected chi connectivity index (χ4v) is 4.33. The van der Waals surface area contributed by atoms with Crippen LogP contribution in [0.1, 0.15) is 13.3 Å². The molecular weight excluding hydrogens is 304 g/mol. The van der Waals surface area contributed by atoms with Crippen molar-refractivity contribution in [2.24, 2.45) is 0 Å². The molecule has 0 aliphatic carbocycles.